The van der Waals surface area contributed by atoms with Gasteiger partial charge in [0.2, 0.25) is 0 Å². The maximum absolute atomic E-state index is 15.2. The molecule has 0 bridgehead atoms. The monoisotopic (exact) mass is 486 g/mol. The van der Waals surface area contributed by atoms with Crippen LogP contribution in [-0.4, -0.2) is 4.98 Å². The highest BCUT2D eigenvalue weighted by atomic mass is 19.1. The van der Waals surface area contributed by atoms with Crippen molar-refractivity contribution in [2.24, 2.45) is 0 Å². The molecule has 5 heteroatoms. The van der Waals surface area contributed by atoms with E-state index in [4.69, 9.17) is 5.26 Å². The van der Waals surface area contributed by atoms with Crippen molar-refractivity contribution in [1.82, 2.24) is 4.98 Å². The molecule has 36 heavy (non-hydrogen) atoms. The van der Waals surface area contributed by atoms with Crippen LogP contribution in [0.2, 0.25) is 0 Å². The van der Waals surface area contributed by atoms with Crippen LogP contribution in [0.4, 0.5) is 13.2 Å². The summed E-state index contributed by atoms with van der Waals surface area (Å²) in [4.78, 5) is 4.60. The smallest absolute Gasteiger partial charge is 0.144 e. The maximum Gasteiger partial charge on any atom is 0.144 e. The third-order valence-electron chi connectivity index (χ3n) is 6.62. The zero-order valence-electron chi connectivity index (χ0n) is 20.5. The van der Waals surface area contributed by atoms with E-state index in [2.05, 4.69) is 24.0 Å². The SMILES string of the molecule is CCCCCc1ccc(CCc2ccc3c(F)c(CCc4cc(F)c(C#N)c(F)c4)ccc3c2)nc1. The third-order valence-corrected chi connectivity index (χ3v) is 6.62. The van der Waals surface area contributed by atoms with Gasteiger partial charge < -0.3 is 0 Å². The van der Waals surface area contributed by atoms with E-state index in [1.165, 1.54) is 30.9 Å². The molecule has 0 amide bonds. The second-order valence-corrected chi connectivity index (χ2v) is 9.26. The fourth-order valence-corrected chi connectivity index (χ4v) is 4.49. The van der Waals surface area contributed by atoms with Gasteiger partial charge in [0.1, 0.15) is 29.1 Å². The van der Waals surface area contributed by atoms with Gasteiger partial charge in [0, 0.05) is 17.3 Å². The number of nitriles is 1. The van der Waals surface area contributed by atoms with Crippen LogP contribution in [0.1, 0.15) is 59.7 Å². The highest BCUT2D eigenvalue weighted by Crippen LogP contribution is 2.25. The number of halogens is 3. The van der Waals surface area contributed by atoms with E-state index in [0.29, 0.717) is 22.9 Å². The summed E-state index contributed by atoms with van der Waals surface area (Å²) in [7, 11) is 0. The largest absolute Gasteiger partial charge is 0.261 e. The van der Waals surface area contributed by atoms with E-state index >= 15 is 4.39 Å². The van der Waals surface area contributed by atoms with Crippen LogP contribution in [-0.2, 0) is 32.1 Å². The molecule has 1 heterocycles. The van der Waals surface area contributed by atoms with Gasteiger partial charge in [-0.3, -0.25) is 4.98 Å². The molecule has 0 spiro atoms. The van der Waals surface area contributed by atoms with Crippen LogP contribution in [0, 0.1) is 28.8 Å². The second kappa shape index (κ2) is 11.9. The van der Waals surface area contributed by atoms with Gasteiger partial charge in [-0.1, -0.05) is 56.2 Å². The molecular formula is C31H29F3N2. The molecule has 0 aliphatic heterocycles. The molecule has 0 aliphatic carbocycles. The van der Waals surface area contributed by atoms with Crippen molar-refractivity contribution in [3.63, 3.8) is 0 Å². The van der Waals surface area contributed by atoms with E-state index in [9.17, 15) is 8.78 Å². The Hall–Kier alpha value is -3.65. The molecule has 0 fully saturated rings. The summed E-state index contributed by atoms with van der Waals surface area (Å²) >= 11 is 0. The number of benzene rings is 3. The summed E-state index contributed by atoms with van der Waals surface area (Å²) in [6.07, 6.45) is 8.89. The number of unbranched alkanes of at least 4 members (excludes halogenated alkanes) is 2. The first kappa shape index (κ1) is 25.4. The minimum Gasteiger partial charge on any atom is -0.261 e. The van der Waals surface area contributed by atoms with Crippen molar-refractivity contribution < 1.29 is 13.2 Å². The molecule has 0 N–H and O–H groups in total. The van der Waals surface area contributed by atoms with Crippen molar-refractivity contribution in [2.75, 3.05) is 0 Å². The predicted molar refractivity (Wildman–Crippen MR) is 137 cm³/mol. The first-order valence-corrected chi connectivity index (χ1v) is 12.5. The fraction of sp³-hybridized carbons (Fsp3) is 0.290. The molecule has 0 aliphatic rings. The topological polar surface area (TPSA) is 36.7 Å². The Morgan fingerprint density at radius 3 is 2.19 bits per heavy atom. The summed E-state index contributed by atoms with van der Waals surface area (Å²) in [5.74, 6) is -2.09. The average molecular weight is 487 g/mol. The van der Waals surface area contributed by atoms with E-state index in [1.807, 2.05) is 24.4 Å². The standard InChI is InChI=1S/C31H29F3N2/c1-2-3-4-5-22-8-14-26(36-20-22)13-7-21-9-15-27-25(16-21)12-11-24(31(27)34)10-6-23-17-29(32)28(19-35)30(33)18-23/h8-9,11-12,14-18,20H,2-7,10,13H2,1H3. The number of hydrogen-bond donors (Lipinski definition) is 0. The molecule has 2 nitrogen and oxygen atoms in total. The van der Waals surface area contributed by atoms with E-state index in [-0.39, 0.29) is 12.2 Å². The highest BCUT2D eigenvalue weighted by Gasteiger charge is 2.13. The summed E-state index contributed by atoms with van der Waals surface area (Å²) in [6.45, 7) is 2.20. The molecule has 3 aromatic carbocycles. The number of rotatable bonds is 10. The normalized spacial score (nSPS) is 11.1. The highest BCUT2D eigenvalue weighted by molar-refractivity contribution is 5.84. The summed E-state index contributed by atoms with van der Waals surface area (Å²) in [5, 5.41) is 10.2. The van der Waals surface area contributed by atoms with Gasteiger partial charge in [0.05, 0.1) is 0 Å². The van der Waals surface area contributed by atoms with Gasteiger partial charge in [-0.25, -0.2) is 13.2 Å². The zero-order valence-corrected chi connectivity index (χ0v) is 20.5. The zero-order chi connectivity index (χ0) is 25.5. The number of nitrogens with zero attached hydrogens (tertiary/aromatic N) is 2. The Bertz CT molecular complexity index is 1360. The number of aromatic nitrogens is 1. The van der Waals surface area contributed by atoms with Crippen molar-refractivity contribution in [3.05, 3.63) is 112 Å². The van der Waals surface area contributed by atoms with Gasteiger partial charge in [0.15, 0.2) is 0 Å². The molecule has 0 atom stereocenters. The first-order valence-electron chi connectivity index (χ1n) is 12.5. The Labute approximate surface area is 210 Å². The van der Waals surface area contributed by atoms with Gasteiger partial charge in [-0.05, 0) is 84.4 Å². The lowest BCUT2D eigenvalue weighted by molar-refractivity contribution is 0.572. The van der Waals surface area contributed by atoms with Crippen LogP contribution >= 0.6 is 0 Å². The number of fused-ring (bicyclic) bond motifs is 1. The van der Waals surface area contributed by atoms with Crippen LogP contribution in [0.3, 0.4) is 0 Å². The Morgan fingerprint density at radius 2 is 1.50 bits per heavy atom. The Balaban J connectivity index is 1.40. The van der Waals surface area contributed by atoms with Gasteiger partial charge >= 0.3 is 0 Å². The predicted octanol–water partition coefficient (Wildman–Crippen LogP) is 7.83. The van der Waals surface area contributed by atoms with E-state index in [1.54, 1.807) is 12.1 Å². The van der Waals surface area contributed by atoms with Crippen molar-refractivity contribution in [3.8, 4) is 6.07 Å². The van der Waals surface area contributed by atoms with Gasteiger partial charge in [-0.15, -0.1) is 0 Å². The minimum atomic E-state index is -0.892. The lowest BCUT2D eigenvalue weighted by atomic mass is 9.97. The Morgan fingerprint density at radius 1 is 0.750 bits per heavy atom. The van der Waals surface area contributed by atoms with E-state index < -0.39 is 17.2 Å². The summed E-state index contributed by atoms with van der Waals surface area (Å²) in [5.41, 5.74) is 3.73. The quantitative estimate of drug-likeness (QED) is 0.214. The first-order chi connectivity index (χ1) is 17.5. The molecule has 0 saturated carbocycles. The molecular weight excluding hydrogens is 457 g/mol. The molecule has 0 unspecified atom stereocenters. The van der Waals surface area contributed by atoms with Crippen LogP contribution in [0.15, 0.2) is 60.8 Å². The van der Waals surface area contributed by atoms with Crippen LogP contribution in [0.25, 0.3) is 10.8 Å². The second-order valence-electron chi connectivity index (χ2n) is 9.26. The molecule has 4 rings (SSSR count). The Kier molecular flexibility index (Phi) is 8.38. The number of pyridine rings is 1. The molecule has 184 valence electrons. The van der Waals surface area contributed by atoms with Crippen LogP contribution < -0.4 is 0 Å². The van der Waals surface area contributed by atoms with Gasteiger partial charge in [0.25, 0.3) is 0 Å². The molecule has 4 aromatic rings. The molecule has 0 radical (unpaired) electrons. The summed E-state index contributed by atoms with van der Waals surface area (Å²) in [6, 6.07) is 17.4. The fourth-order valence-electron chi connectivity index (χ4n) is 4.49. The molecule has 1 aromatic heterocycles. The minimum absolute atomic E-state index is 0.268. The maximum atomic E-state index is 15.2. The van der Waals surface area contributed by atoms with Crippen molar-refractivity contribution >= 4 is 10.8 Å². The van der Waals surface area contributed by atoms with E-state index in [0.717, 1.165) is 48.0 Å². The average Bonchev–Trinajstić information content (AvgIpc) is 2.88. The van der Waals surface area contributed by atoms with Crippen LogP contribution in [0.5, 0.6) is 0 Å². The third kappa shape index (κ3) is 6.12. The number of hydrogen-bond acceptors (Lipinski definition) is 2. The van der Waals surface area contributed by atoms with Gasteiger partial charge in [-0.2, -0.15) is 5.26 Å². The summed E-state index contributed by atoms with van der Waals surface area (Å²) < 4.78 is 42.9. The lowest BCUT2D eigenvalue weighted by Crippen LogP contribution is -2.00. The lowest BCUT2D eigenvalue weighted by Gasteiger charge is -2.10. The van der Waals surface area contributed by atoms with Crippen molar-refractivity contribution in [1.29, 1.82) is 5.26 Å². The molecule has 0 saturated heterocycles. The van der Waals surface area contributed by atoms with Crippen molar-refractivity contribution in [2.45, 2.75) is 58.3 Å². The number of aryl methyl sites for hydroxylation is 5.